The summed E-state index contributed by atoms with van der Waals surface area (Å²) >= 11 is 0. The molecule has 2 aromatic rings. The molecule has 1 amide bonds. The summed E-state index contributed by atoms with van der Waals surface area (Å²) < 4.78 is 0. The predicted molar refractivity (Wildman–Crippen MR) is 89.1 cm³/mol. The van der Waals surface area contributed by atoms with Crippen LogP contribution in [0.5, 0.6) is 0 Å². The second-order valence-corrected chi connectivity index (χ2v) is 5.57. The number of carbonyl (C=O) groups is 1. The Kier molecular flexibility index (Phi) is 5.47. The number of carbonyl (C=O) groups excluding carboxylic acids is 1. The first-order valence-corrected chi connectivity index (χ1v) is 7.54. The van der Waals surface area contributed by atoms with E-state index in [1.165, 1.54) is 18.0 Å². The third-order valence-electron chi connectivity index (χ3n) is 3.20. The third kappa shape index (κ3) is 4.55. The highest BCUT2D eigenvalue weighted by atomic mass is 16.1. The van der Waals surface area contributed by atoms with E-state index in [1.807, 2.05) is 24.3 Å². The fraction of sp³-hybridized carbons (Fsp3) is 0.353. The van der Waals surface area contributed by atoms with E-state index in [0.29, 0.717) is 17.4 Å². The molecule has 0 aliphatic carbocycles. The SMILES string of the molecule is CCc1ccc(NC(=O)c2cnc(NCC(C)C)nc2)cc1. The van der Waals surface area contributed by atoms with E-state index in [4.69, 9.17) is 0 Å². The Morgan fingerprint density at radius 3 is 2.32 bits per heavy atom. The number of nitrogens with zero attached hydrogens (tertiary/aromatic N) is 2. The molecule has 0 fully saturated rings. The van der Waals surface area contributed by atoms with Crippen molar-refractivity contribution >= 4 is 17.5 Å². The molecule has 1 aromatic carbocycles. The van der Waals surface area contributed by atoms with E-state index in [9.17, 15) is 4.79 Å². The molecule has 22 heavy (non-hydrogen) atoms. The first kappa shape index (κ1) is 15.9. The summed E-state index contributed by atoms with van der Waals surface area (Å²) in [5.74, 6) is 0.842. The van der Waals surface area contributed by atoms with Gasteiger partial charge in [-0.25, -0.2) is 9.97 Å². The molecule has 5 nitrogen and oxygen atoms in total. The standard InChI is InChI=1S/C17H22N4O/c1-4-13-5-7-15(8-6-13)21-16(22)14-10-19-17(20-11-14)18-9-12(2)3/h5-8,10-12H,4,9H2,1-3H3,(H,21,22)(H,18,19,20). The van der Waals surface area contributed by atoms with Crippen LogP contribution in [0.3, 0.4) is 0 Å². The first-order valence-electron chi connectivity index (χ1n) is 7.54. The highest BCUT2D eigenvalue weighted by Crippen LogP contribution is 2.11. The van der Waals surface area contributed by atoms with Crippen molar-refractivity contribution in [3.8, 4) is 0 Å². The number of nitrogens with one attached hydrogen (secondary N) is 2. The second kappa shape index (κ2) is 7.54. The molecule has 5 heteroatoms. The zero-order valence-electron chi connectivity index (χ0n) is 13.3. The summed E-state index contributed by atoms with van der Waals surface area (Å²) in [5, 5.41) is 5.96. The summed E-state index contributed by atoms with van der Waals surface area (Å²) in [6.07, 6.45) is 4.05. The molecule has 2 N–H and O–H groups in total. The third-order valence-corrected chi connectivity index (χ3v) is 3.20. The fourth-order valence-corrected chi connectivity index (χ4v) is 1.86. The lowest BCUT2D eigenvalue weighted by Gasteiger charge is -2.08. The minimum Gasteiger partial charge on any atom is -0.354 e. The smallest absolute Gasteiger partial charge is 0.258 e. The van der Waals surface area contributed by atoms with Gasteiger partial charge in [0, 0.05) is 24.6 Å². The lowest BCUT2D eigenvalue weighted by atomic mass is 10.1. The predicted octanol–water partition coefficient (Wildman–Crippen LogP) is 3.36. The molecule has 0 saturated carbocycles. The number of rotatable bonds is 6. The van der Waals surface area contributed by atoms with E-state index in [-0.39, 0.29) is 5.91 Å². The van der Waals surface area contributed by atoms with E-state index in [0.717, 1.165) is 18.7 Å². The van der Waals surface area contributed by atoms with Gasteiger partial charge in [-0.3, -0.25) is 4.79 Å². The van der Waals surface area contributed by atoms with Crippen molar-refractivity contribution in [2.75, 3.05) is 17.2 Å². The van der Waals surface area contributed by atoms with Gasteiger partial charge in [-0.05, 0) is 30.0 Å². The van der Waals surface area contributed by atoms with Crippen LogP contribution in [0.15, 0.2) is 36.7 Å². The van der Waals surface area contributed by atoms with Gasteiger partial charge >= 0.3 is 0 Å². The molecule has 1 heterocycles. The highest BCUT2D eigenvalue weighted by Gasteiger charge is 2.08. The van der Waals surface area contributed by atoms with Crippen LogP contribution in [-0.2, 0) is 6.42 Å². The van der Waals surface area contributed by atoms with Crippen molar-refractivity contribution in [1.82, 2.24) is 9.97 Å². The Balaban J connectivity index is 1.96. The molecular formula is C17H22N4O. The lowest BCUT2D eigenvalue weighted by molar-refractivity contribution is 0.102. The Morgan fingerprint density at radius 1 is 1.14 bits per heavy atom. The largest absolute Gasteiger partial charge is 0.354 e. The molecule has 0 saturated heterocycles. The zero-order chi connectivity index (χ0) is 15.9. The topological polar surface area (TPSA) is 66.9 Å². The summed E-state index contributed by atoms with van der Waals surface area (Å²) in [7, 11) is 0. The Morgan fingerprint density at radius 2 is 1.77 bits per heavy atom. The quantitative estimate of drug-likeness (QED) is 0.858. The normalized spacial score (nSPS) is 10.5. The number of hydrogen-bond acceptors (Lipinski definition) is 4. The van der Waals surface area contributed by atoms with Gasteiger partial charge < -0.3 is 10.6 Å². The van der Waals surface area contributed by atoms with Crippen molar-refractivity contribution in [3.63, 3.8) is 0 Å². The molecular weight excluding hydrogens is 276 g/mol. The average molecular weight is 298 g/mol. The van der Waals surface area contributed by atoms with Gasteiger partial charge in [0.1, 0.15) is 0 Å². The van der Waals surface area contributed by atoms with E-state index in [2.05, 4.69) is 41.4 Å². The van der Waals surface area contributed by atoms with Gasteiger partial charge in [0.15, 0.2) is 0 Å². The number of aryl methyl sites for hydroxylation is 1. The lowest BCUT2D eigenvalue weighted by Crippen LogP contribution is -2.14. The van der Waals surface area contributed by atoms with Crippen LogP contribution in [0.1, 0.15) is 36.7 Å². The van der Waals surface area contributed by atoms with Crippen LogP contribution in [0.4, 0.5) is 11.6 Å². The second-order valence-electron chi connectivity index (χ2n) is 5.57. The van der Waals surface area contributed by atoms with Crippen LogP contribution in [0.2, 0.25) is 0 Å². The minimum absolute atomic E-state index is 0.209. The van der Waals surface area contributed by atoms with Crippen LogP contribution in [-0.4, -0.2) is 22.4 Å². The molecule has 2 rings (SSSR count). The first-order chi connectivity index (χ1) is 10.6. The molecule has 0 bridgehead atoms. The van der Waals surface area contributed by atoms with Crippen molar-refractivity contribution in [2.24, 2.45) is 5.92 Å². The van der Waals surface area contributed by atoms with Crippen LogP contribution >= 0.6 is 0 Å². The summed E-state index contributed by atoms with van der Waals surface area (Å²) in [5.41, 5.74) is 2.45. The maximum Gasteiger partial charge on any atom is 0.258 e. The molecule has 116 valence electrons. The summed E-state index contributed by atoms with van der Waals surface area (Å²) in [6.45, 7) is 7.12. The van der Waals surface area contributed by atoms with Crippen LogP contribution in [0.25, 0.3) is 0 Å². The monoisotopic (exact) mass is 298 g/mol. The average Bonchev–Trinajstić information content (AvgIpc) is 2.54. The molecule has 0 atom stereocenters. The summed E-state index contributed by atoms with van der Waals surface area (Å²) in [6, 6.07) is 7.81. The maximum absolute atomic E-state index is 12.1. The van der Waals surface area contributed by atoms with Gasteiger partial charge in [0.05, 0.1) is 5.56 Å². The van der Waals surface area contributed by atoms with E-state index >= 15 is 0 Å². The van der Waals surface area contributed by atoms with Gasteiger partial charge in [-0.15, -0.1) is 0 Å². The highest BCUT2D eigenvalue weighted by molar-refractivity contribution is 6.03. The van der Waals surface area contributed by atoms with Crippen molar-refractivity contribution in [3.05, 3.63) is 47.8 Å². The van der Waals surface area contributed by atoms with Gasteiger partial charge in [0.25, 0.3) is 5.91 Å². The molecule has 0 aliphatic heterocycles. The maximum atomic E-state index is 12.1. The van der Waals surface area contributed by atoms with Crippen LogP contribution < -0.4 is 10.6 Å². The molecule has 0 aliphatic rings. The van der Waals surface area contributed by atoms with E-state index in [1.54, 1.807) is 0 Å². The van der Waals surface area contributed by atoms with Crippen molar-refractivity contribution in [2.45, 2.75) is 27.2 Å². The fourth-order valence-electron chi connectivity index (χ4n) is 1.86. The van der Waals surface area contributed by atoms with Gasteiger partial charge in [-0.1, -0.05) is 32.9 Å². The number of benzene rings is 1. The molecule has 1 aromatic heterocycles. The number of aromatic nitrogens is 2. The van der Waals surface area contributed by atoms with Crippen molar-refractivity contribution in [1.29, 1.82) is 0 Å². The Bertz CT molecular complexity index is 606. The molecule has 0 spiro atoms. The Labute approximate surface area is 131 Å². The Hall–Kier alpha value is -2.43. The number of amides is 1. The van der Waals surface area contributed by atoms with Crippen LogP contribution in [0, 0.1) is 5.92 Å². The minimum atomic E-state index is -0.209. The van der Waals surface area contributed by atoms with E-state index < -0.39 is 0 Å². The van der Waals surface area contributed by atoms with Gasteiger partial charge in [-0.2, -0.15) is 0 Å². The molecule has 0 unspecified atom stereocenters. The molecule has 0 radical (unpaired) electrons. The number of hydrogen-bond donors (Lipinski definition) is 2. The van der Waals surface area contributed by atoms with Crippen molar-refractivity contribution < 1.29 is 4.79 Å². The summed E-state index contributed by atoms with van der Waals surface area (Å²) in [4.78, 5) is 20.4. The number of anilines is 2. The van der Waals surface area contributed by atoms with Gasteiger partial charge in [0.2, 0.25) is 5.95 Å². The zero-order valence-corrected chi connectivity index (χ0v) is 13.3.